The molecule has 0 spiro atoms. The molecular weight excluding hydrogens is 196 g/mol. The number of halogens is 1. The van der Waals surface area contributed by atoms with E-state index in [1.54, 1.807) is 18.2 Å². The number of hydrogen-bond donors (Lipinski definition) is 1. The minimum atomic E-state index is -2.41. The summed E-state index contributed by atoms with van der Waals surface area (Å²) in [4.78, 5) is 0. The first-order valence-electron chi connectivity index (χ1n) is 3.32. The molecule has 0 aliphatic carbocycles. The van der Waals surface area contributed by atoms with Gasteiger partial charge in [-0.3, -0.25) is 0 Å². The van der Waals surface area contributed by atoms with E-state index >= 15 is 0 Å². The lowest BCUT2D eigenvalue weighted by molar-refractivity contribution is 0.614. The fourth-order valence-corrected chi connectivity index (χ4v) is 1.78. The largest absolute Gasteiger partial charge is 0.232 e. The minimum absolute atomic E-state index is 0.00551. The SMILES string of the molecule is [CH2]c1ccc(C[SH](=O)=O)c(Cl)c1. The van der Waals surface area contributed by atoms with Gasteiger partial charge in [0, 0.05) is 5.02 Å². The minimum Gasteiger partial charge on any atom is -0.232 e. The first kappa shape index (κ1) is 9.55. The second-order valence-corrected chi connectivity index (χ2v) is 3.81. The zero-order valence-corrected chi connectivity index (χ0v) is 7.94. The molecule has 0 fully saturated rings. The first-order valence-corrected chi connectivity index (χ1v) is 5.06. The number of rotatable bonds is 2. The highest BCUT2D eigenvalue weighted by molar-refractivity contribution is 7.71. The van der Waals surface area contributed by atoms with E-state index in [0.29, 0.717) is 10.6 Å². The molecule has 0 saturated heterocycles. The van der Waals surface area contributed by atoms with Crippen molar-refractivity contribution < 1.29 is 8.42 Å². The van der Waals surface area contributed by atoms with Crippen molar-refractivity contribution in [3.8, 4) is 0 Å². The Labute approximate surface area is 78.1 Å². The Morgan fingerprint density at radius 2 is 2.08 bits per heavy atom. The predicted octanol–water partition coefficient (Wildman–Crippen LogP) is 1.63. The summed E-state index contributed by atoms with van der Waals surface area (Å²) < 4.78 is 20.7. The van der Waals surface area contributed by atoms with Crippen LogP contribution in [0.1, 0.15) is 11.1 Å². The maximum Gasteiger partial charge on any atom is 0.144 e. The monoisotopic (exact) mass is 203 g/mol. The van der Waals surface area contributed by atoms with Gasteiger partial charge in [0.2, 0.25) is 0 Å². The van der Waals surface area contributed by atoms with E-state index in [1.165, 1.54) is 0 Å². The van der Waals surface area contributed by atoms with Gasteiger partial charge >= 0.3 is 0 Å². The van der Waals surface area contributed by atoms with Crippen LogP contribution in [-0.2, 0) is 16.5 Å². The summed E-state index contributed by atoms with van der Waals surface area (Å²) >= 11 is 5.77. The van der Waals surface area contributed by atoms with Gasteiger partial charge in [0.05, 0.1) is 5.75 Å². The summed E-state index contributed by atoms with van der Waals surface area (Å²) in [6.45, 7) is 3.67. The highest BCUT2D eigenvalue weighted by Crippen LogP contribution is 2.17. The van der Waals surface area contributed by atoms with Crippen molar-refractivity contribution in [3.05, 3.63) is 41.3 Å². The fourth-order valence-electron chi connectivity index (χ4n) is 0.858. The molecule has 12 heavy (non-hydrogen) atoms. The van der Waals surface area contributed by atoms with Gasteiger partial charge in [0.15, 0.2) is 0 Å². The van der Waals surface area contributed by atoms with Crippen molar-refractivity contribution in [2.75, 3.05) is 0 Å². The second-order valence-electron chi connectivity index (χ2n) is 2.42. The average molecular weight is 204 g/mol. The zero-order valence-electron chi connectivity index (χ0n) is 6.29. The summed E-state index contributed by atoms with van der Waals surface area (Å²) in [5.41, 5.74) is 1.41. The van der Waals surface area contributed by atoms with Gasteiger partial charge in [0.1, 0.15) is 10.7 Å². The van der Waals surface area contributed by atoms with E-state index in [2.05, 4.69) is 6.92 Å². The van der Waals surface area contributed by atoms with Crippen LogP contribution in [0.4, 0.5) is 0 Å². The van der Waals surface area contributed by atoms with Crippen LogP contribution < -0.4 is 0 Å². The van der Waals surface area contributed by atoms with Gasteiger partial charge < -0.3 is 0 Å². The molecule has 4 heteroatoms. The Bertz CT molecular complexity index is 350. The number of hydrogen-bond acceptors (Lipinski definition) is 2. The van der Waals surface area contributed by atoms with Gasteiger partial charge in [-0.25, -0.2) is 8.42 Å². The topological polar surface area (TPSA) is 34.1 Å². The molecule has 0 N–H and O–H groups in total. The third-order valence-corrected chi connectivity index (χ3v) is 2.37. The lowest BCUT2D eigenvalue weighted by atomic mass is 10.2. The Morgan fingerprint density at radius 1 is 1.42 bits per heavy atom. The Morgan fingerprint density at radius 3 is 2.58 bits per heavy atom. The molecule has 1 aromatic carbocycles. The van der Waals surface area contributed by atoms with Gasteiger partial charge in [-0.05, 0) is 24.1 Å². The highest BCUT2D eigenvalue weighted by atomic mass is 35.5. The summed E-state index contributed by atoms with van der Waals surface area (Å²) in [5.74, 6) is -0.00551. The molecule has 0 unspecified atom stereocenters. The van der Waals surface area contributed by atoms with Gasteiger partial charge in [0.25, 0.3) is 0 Å². The molecule has 0 saturated carbocycles. The van der Waals surface area contributed by atoms with Gasteiger partial charge in [-0.2, -0.15) is 0 Å². The Kier molecular flexibility index (Phi) is 3.12. The standard InChI is InChI=1S/C8H8ClO2S/c1-6-2-3-7(5-12(10)11)8(9)4-6/h2-4,12H,1,5H2. The zero-order chi connectivity index (χ0) is 9.14. The van der Waals surface area contributed by atoms with E-state index in [9.17, 15) is 8.42 Å². The van der Waals surface area contributed by atoms with Crippen LogP contribution in [-0.4, -0.2) is 8.42 Å². The van der Waals surface area contributed by atoms with Crippen molar-refractivity contribution >= 4 is 22.3 Å². The fraction of sp³-hybridized carbons (Fsp3) is 0.125. The van der Waals surface area contributed by atoms with E-state index in [0.717, 1.165) is 5.56 Å². The predicted molar refractivity (Wildman–Crippen MR) is 49.9 cm³/mol. The molecule has 1 rings (SSSR count). The smallest absolute Gasteiger partial charge is 0.144 e. The van der Waals surface area contributed by atoms with E-state index in [4.69, 9.17) is 11.6 Å². The van der Waals surface area contributed by atoms with Crippen molar-refractivity contribution in [2.24, 2.45) is 0 Å². The van der Waals surface area contributed by atoms with Crippen LogP contribution in [0, 0.1) is 6.92 Å². The molecule has 0 amide bonds. The maximum atomic E-state index is 10.4. The second kappa shape index (κ2) is 3.92. The van der Waals surface area contributed by atoms with Crippen LogP contribution in [0.25, 0.3) is 0 Å². The molecule has 0 aromatic heterocycles. The van der Waals surface area contributed by atoms with Crippen LogP contribution in [0.15, 0.2) is 18.2 Å². The number of benzene rings is 1. The molecule has 0 aliphatic rings. The van der Waals surface area contributed by atoms with Crippen molar-refractivity contribution in [2.45, 2.75) is 5.75 Å². The molecule has 0 heterocycles. The molecule has 2 nitrogen and oxygen atoms in total. The average Bonchev–Trinajstić information content (AvgIpc) is 1.94. The van der Waals surface area contributed by atoms with E-state index in [1.807, 2.05) is 0 Å². The Balaban J connectivity index is 3.01. The van der Waals surface area contributed by atoms with E-state index < -0.39 is 10.7 Å². The maximum absolute atomic E-state index is 10.4. The molecule has 0 bridgehead atoms. The molecule has 0 atom stereocenters. The van der Waals surface area contributed by atoms with Crippen LogP contribution in [0.2, 0.25) is 5.02 Å². The molecular formula is C8H8ClO2S. The molecule has 65 valence electrons. The summed E-state index contributed by atoms with van der Waals surface area (Å²) in [6, 6.07) is 5.06. The van der Waals surface area contributed by atoms with Crippen LogP contribution in [0.3, 0.4) is 0 Å². The Hall–Kier alpha value is -0.540. The lowest BCUT2D eigenvalue weighted by Crippen LogP contribution is -1.88. The molecule has 1 radical (unpaired) electrons. The van der Waals surface area contributed by atoms with E-state index in [-0.39, 0.29) is 5.75 Å². The lowest BCUT2D eigenvalue weighted by Gasteiger charge is -1.99. The van der Waals surface area contributed by atoms with Gasteiger partial charge in [-0.1, -0.05) is 23.7 Å². The summed E-state index contributed by atoms with van der Waals surface area (Å²) in [5, 5.41) is 0.460. The quantitative estimate of drug-likeness (QED) is 0.742. The third kappa shape index (κ3) is 2.50. The molecule has 0 aliphatic heterocycles. The normalized spacial score (nSPS) is 10.6. The highest BCUT2D eigenvalue weighted by Gasteiger charge is 2.00. The van der Waals surface area contributed by atoms with Crippen molar-refractivity contribution in [1.82, 2.24) is 0 Å². The first-order chi connectivity index (χ1) is 5.59. The van der Waals surface area contributed by atoms with Crippen molar-refractivity contribution in [1.29, 1.82) is 0 Å². The van der Waals surface area contributed by atoms with Crippen LogP contribution >= 0.6 is 11.6 Å². The third-order valence-electron chi connectivity index (χ3n) is 1.42. The summed E-state index contributed by atoms with van der Waals surface area (Å²) in [7, 11) is -2.41. The van der Waals surface area contributed by atoms with Gasteiger partial charge in [-0.15, -0.1) is 0 Å². The van der Waals surface area contributed by atoms with Crippen LogP contribution in [0.5, 0.6) is 0 Å². The number of thiol groups is 1. The van der Waals surface area contributed by atoms with Crippen molar-refractivity contribution in [3.63, 3.8) is 0 Å². The summed E-state index contributed by atoms with van der Waals surface area (Å²) in [6.07, 6.45) is 0. The molecule has 1 aromatic rings.